The summed E-state index contributed by atoms with van der Waals surface area (Å²) < 4.78 is 2.13. The van der Waals surface area contributed by atoms with E-state index in [9.17, 15) is 4.79 Å². The largest absolute Gasteiger partial charge is 0.352 e. The van der Waals surface area contributed by atoms with Crippen molar-refractivity contribution in [1.29, 1.82) is 0 Å². The standard InChI is InChI=1S/C20H27N5OS/c1-24-19(22-23-20(24)27-14-15-6-3-2-4-7-15)16-8-5-11-25(12-16)13-18(26)21-17-9-10-17/h2-4,6-7,16-17H,5,8-14H2,1H3,(H,21,26)/t16-/m1/s1. The maximum atomic E-state index is 12.1. The quantitative estimate of drug-likeness (QED) is 0.742. The van der Waals surface area contributed by atoms with Crippen LogP contribution in [-0.4, -0.2) is 51.2 Å². The molecule has 1 N–H and O–H groups in total. The van der Waals surface area contributed by atoms with Crippen molar-refractivity contribution in [2.45, 2.75) is 48.6 Å². The fourth-order valence-electron chi connectivity index (χ4n) is 3.64. The lowest BCUT2D eigenvalue weighted by Gasteiger charge is -2.31. The molecule has 0 radical (unpaired) electrons. The van der Waals surface area contributed by atoms with Crippen LogP contribution in [0, 0.1) is 0 Å². The third kappa shape index (κ3) is 4.90. The molecule has 1 aromatic carbocycles. The number of hydrogen-bond donors (Lipinski definition) is 1. The number of benzene rings is 1. The molecule has 7 heteroatoms. The number of rotatable bonds is 7. The van der Waals surface area contributed by atoms with Gasteiger partial charge in [0, 0.05) is 31.3 Å². The molecule has 1 saturated heterocycles. The van der Waals surface area contributed by atoms with Crippen molar-refractivity contribution in [1.82, 2.24) is 25.0 Å². The van der Waals surface area contributed by atoms with Crippen LogP contribution in [0.4, 0.5) is 0 Å². The lowest BCUT2D eigenvalue weighted by molar-refractivity contribution is -0.122. The summed E-state index contributed by atoms with van der Waals surface area (Å²) in [7, 11) is 2.06. The fourth-order valence-corrected chi connectivity index (χ4v) is 4.52. The third-order valence-corrected chi connectivity index (χ3v) is 6.35. The number of hydrogen-bond acceptors (Lipinski definition) is 5. The zero-order valence-corrected chi connectivity index (χ0v) is 16.6. The Morgan fingerprint density at radius 3 is 2.81 bits per heavy atom. The zero-order valence-electron chi connectivity index (χ0n) is 15.8. The van der Waals surface area contributed by atoms with E-state index < -0.39 is 0 Å². The Kier molecular flexibility index (Phi) is 5.78. The molecule has 27 heavy (non-hydrogen) atoms. The summed E-state index contributed by atoms with van der Waals surface area (Å²) in [5.74, 6) is 2.44. The van der Waals surface area contributed by atoms with Gasteiger partial charge < -0.3 is 9.88 Å². The fraction of sp³-hybridized carbons (Fsp3) is 0.550. The van der Waals surface area contributed by atoms with Crippen LogP contribution in [0.1, 0.15) is 43.0 Å². The van der Waals surface area contributed by atoms with Gasteiger partial charge in [0.25, 0.3) is 0 Å². The molecule has 6 nitrogen and oxygen atoms in total. The number of nitrogens with zero attached hydrogens (tertiary/aromatic N) is 4. The highest BCUT2D eigenvalue weighted by atomic mass is 32.2. The Morgan fingerprint density at radius 1 is 1.22 bits per heavy atom. The first kappa shape index (κ1) is 18.5. The van der Waals surface area contributed by atoms with Crippen LogP contribution in [0.3, 0.4) is 0 Å². The number of nitrogens with one attached hydrogen (secondary N) is 1. The molecule has 1 saturated carbocycles. The van der Waals surface area contributed by atoms with E-state index in [0.717, 1.165) is 55.5 Å². The summed E-state index contributed by atoms with van der Waals surface area (Å²) in [5, 5.41) is 12.9. The van der Waals surface area contributed by atoms with Crippen molar-refractivity contribution in [2.24, 2.45) is 7.05 Å². The second-order valence-electron chi connectivity index (χ2n) is 7.59. The molecular weight excluding hydrogens is 358 g/mol. The molecule has 2 fully saturated rings. The topological polar surface area (TPSA) is 63.1 Å². The van der Waals surface area contributed by atoms with Crippen molar-refractivity contribution in [3.05, 3.63) is 41.7 Å². The average Bonchev–Trinajstić information content (AvgIpc) is 3.41. The van der Waals surface area contributed by atoms with Gasteiger partial charge in [0.1, 0.15) is 5.82 Å². The van der Waals surface area contributed by atoms with Crippen LogP contribution < -0.4 is 5.32 Å². The smallest absolute Gasteiger partial charge is 0.234 e. The van der Waals surface area contributed by atoms with Gasteiger partial charge in [-0.05, 0) is 37.8 Å². The van der Waals surface area contributed by atoms with Gasteiger partial charge in [-0.1, -0.05) is 42.1 Å². The van der Waals surface area contributed by atoms with Crippen LogP contribution in [0.5, 0.6) is 0 Å². The Hall–Kier alpha value is -1.86. The molecule has 2 heterocycles. The van der Waals surface area contributed by atoms with E-state index in [1.165, 1.54) is 5.56 Å². The SMILES string of the molecule is Cn1c(SCc2ccccc2)nnc1[C@@H]1CCCN(CC(=O)NC2CC2)C1. The number of carbonyl (C=O) groups excluding carboxylic acids is 1. The predicted molar refractivity (Wildman–Crippen MR) is 107 cm³/mol. The second kappa shape index (κ2) is 8.44. The number of aromatic nitrogens is 3. The summed E-state index contributed by atoms with van der Waals surface area (Å²) in [5.41, 5.74) is 1.29. The van der Waals surface area contributed by atoms with Gasteiger partial charge in [-0.15, -0.1) is 10.2 Å². The summed E-state index contributed by atoms with van der Waals surface area (Å²) >= 11 is 1.72. The highest BCUT2D eigenvalue weighted by Gasteiger charge is 2.28. The van der Waals surface area contributed by atoms with E-state index >= 15 is 0 Å². The van der Waals surface area contributed by atoms with Gasteiger partial charge in [0.05, 0.1) is 6.54 Å². The summed E-state index contributed by atoms with van der Waals surface area (Å²) in [4.78, 5) is 14.4. The van der Waals surface area contributed by atoms with E-state index in [-0.39, 0.29) is 5.91 Å². The molecule has 1 aliphatic carbocycles. The Balaban J connectivity index is 1.34. The minimum Gasteiger partial charge on any atom is -0.352 e. The van der Waals surface area contributed by atoms with Crippen LogP contribution >= 0.6 is 11.8 Å². The Labute approximate surface area is 164 Å². The molecule has 0 unspecified atom stereocenters. The molecule has 4 rings (SSSR count). The molecule has 2 aromatic rings. The van der Waals surface area contributed by atoms with Crippen LogP contribution in [-0.2, 0) is 17.6 Å². The molecule has 1 aromatic heterocycles. The number of carbonyl (C=O) groups is 1. The number of piperidine rings is 1. The highest BCUT2D eigenvalue weighted by molar-refractivity contribution is 7.98. The minimum absolute atomic E-state index is 0.162. The molecule has 2 aliphatic rings. The first-order valence-electron chi connectivity index (χ1n) is 9.77. The number of likely N-dealkylation sites (tertiary alicyclic amines) is 1. The van der Waals surface area contributed by atoms with E-state index in [4.69, 9.17) is 0 Å². The van der Waals surface area contributed by atoms with Crippen molar-refractivity contribution >= 4 is 17.7 Å². The van der Waals surface area contributed by atoms with Crippen LogP contribution in [0.25, 0.3) is 0 Å². The molecule has 0 bridgehead atoms. The molecule has 1 aliphatic heterocycles. The van der Waals surface area contributed by atoms with Crippen molar-refractivity contribution in [3.8, 4) is 0 Å². The average molecular weight is 386 g/mol. The summed E-state index contributed by atoms with van der Waals surface area (Å²) in [6.45, 7) is 2.37. The Bertz CT molecular complexity index is 774. The van der Waals surface area contributed by atoms with Crippen molar-refractivity contribution in [2.75, 3.05) is 19.6 Å². The first-order valence-corrected chi connectivity index (χ1v) is 10.8. The molecule has 144 valence electrons. The third-order valence-electron chi connectivity index (χ3n) is 5.26. The monoisotopic (exact) mass is 385 g/mol. The lowest BCUT2D eigenvalue weighted by atomic mass is 9.97. The van der Waals surface area contributed by atoms with E-state index in [1.807, 2.05) is 6.07 Å². The van der Waals surface area contributed by atoms with Gasteiger partial charge in [0.2, 0.25) is 5.91 Å². The number of thioether (sulfide) groups is 1. The van der Waals surface area contributed by atoms with Crippen molar-refractivity contribution < 1.29 is 4.79 Å². The maximum absolute atomic E-state index is 12.1. The second-order valence-corrected chi connectivity index (χ2v) is 8.53. The zero-order chi connectivity index (χ0) is 18.6. The van der Waals surface area contributed by atoms with Crippen LogP contribution in [0.2, 0.25) is 0 Å². The minimum atomic E-state index is 0.162. The normalized spacial score (nSPS) is 20.6. The predicted octanol–water partition coefficient (Wildman–Crippen LogP) is 2.57. The molecular formula is C20H27N5OS. The first-order chi connectivity index (χ1) is 13.2. The Morgan fingerprint density at radius 2 is 2.04 bits per heavy atom. The van der Waals surface area contributed by atoms with Gasteiger partial charge in [-0.3, -0.25) is 9.69 Å². The van der Waals surface area contributed by atoms with Gasteiger partial charge >= 0.3 is 0 Å². The molecule has 0 spiro atoms. The summed E-state index contributed by atoms with van der Waals surface area (Å²) in [6.07, 6.45) is 4.48. The highest BCUT2D eigenvalue weighted by Crippen LogP contribution is 2.29. The number of amides is 1. The van der Waals surface area contributed by atoms with Gasteiger partial charge in [-0.25, -0.2) is 0 Å². The molecule has 1 atom stereocenters. The summed E-state index contributed by atoms with van der Waals surface area (Å²) in [6, 6.07) is 10.9. The van der Waals surface area contributed by atoms with Crippen molar-refractivity contribution in [3.63, 3.8) is 0 Å². The van der Waals surface area contributed by atoms with E-state index in [2.05, 4.69) is 56.3 Å². The maximum Gasteiger partial charge on any atom is 0.234 e. The van der Waals surface area contributed by atoms with E-state index in [1.54, 1.807) is 11.8 Å². The molecule has 1 amide bonds. The van der Waals surface area contributed by atoms with E-state index in [0.29, 0.717) is 18.5 Å². The van der Waals surface area contributed by atoms with Gasteiger partial charge in [0.15, 0.2) is 5.16 Å². The lowest BCUT2D eigenvalue weighted by Crippen LogP contribution is -2.42. The van der Waals surface area contributed by atoms with Gasteiger partial charge in [-0.2, -0.15) is 0 Å². The van der Waals surface area contributed by atoms with Crippen LogP contribution in [0.15, 0.2) is 35.5 Å².